The summed E-state index contributed by atoms with van der Waals surface area (Å²) >= 11 is 0. The highest BCUT2D eigenvalue weighted by Crippen LogP contribution is 2.28. The number of halogens is 3. The smallest absolute Gasteiger partial charge is 0.475 e. The molecule has 13 heteroatoms. The Morgan fingerprint density at radius 2 is 1.74 bits per heavy atom. The molecule has 3 rings (SSSR count). The van der Waals surface area contributed by atoms with Crippen molar-refractivity contribution in [3.05, 3.63) is 77.0 Å². The van der Waals surface area contributed by atoms with Crippen LogP contribution in [0.1, 0.15) is 45.6 Å². The van der Waals surface area contributed by atoms with Crippen LogP contribution in [-0.4, -0.2) is 57.5 Å². The fourth-order valence-electron chi connectivity index (χ4n) is 4.32. The monoisotopic (exact) mass is 599 g/mol. The van der Waals surface area contributed by atoms with Crippen LogP contribution in [0.4, 0.5) is 18.9 Å². The molecule has 0 heterocycles. The molecule has 1 aliphatic rings. The van der Waals surface area contributed by atoms with Crippen LogP contribution in [-0.2, 0) is 14.4 Å². The van der Waals surface area contributed by atoms with Crippen LogP contribution in [0.15, 0.2) is 76.6 Å². The molecule has 0 radical (unpaired) electrons. The zero-order chi connectivity index (χ0) is 32.3. The standard InChI is InChI=1S/C28H31N5O3.C2HF3O2/c1-4-26(34)33(5-2)25(16-20-12-15-24(32-36)27(30)18(20)3)28(35)31-22-13-10-19(11-14-22)23-9-7-6-8-21(23)17-29;3-2(4,5)1(6)7/h6-14,25,36H,4-5,15-16,30H2,1-3H3,(H,31,35);(H,6,7)/t25-;/m0./s1. The molecular formula is C30H32F3N5O5. The Kier molecular flexibility index (Phi) is 12.1. The Hall–Kier alpha value is -5.12. The van der Waals surface area contributed by atoms with Crippen LogP contribution < -0.4 is 11.1 Å². The zero-order valence-corrected chi connectivity index (χ0v) is 23.8. The Morgan fingerprint density at radius 3 is 2.26 bits per heavy atom. The molecule has 2 aromatic rings. The number of nitrogens with two attached hydrogens (primary N) is 1. The molecule has 0 spiro atoms. The number of likely N-dealkylation sites (N-methyl/N-ethyl adjacent to an activating group) is 1. The number of alkyl halides is 3. The van der Waals surface area contributed by atoms with E-state index in [1.54, 1.807) is 30.0 Å². The maximum Gasteiger partial charge on any atom is 0.490 e. The Bertz CT molecular complexity index is 1470. The number of anilines is 1. The third-order valence-corrected chi connectivity index (χ3v) is 6.67. The van der Waals surface area contributed by atoms with Gasteiger partial charge < -0.3 is 26.3 Å². The Morgan fingerprint density at radius 1 is 1.14 bits per heavy atom. The molecule has 2 amide bonds. The summed E-state index contributed by atoms with van der Waals surface area (Å²) in [5, 5.41) is 31.9. The minimum Gasteiger partial charge on any atom is -0.475 e. The van der Waals surface area contributed by atoms with Crippen molar-refractivity contribution in [3.63, 3.8) is 0 Å². The number of carboxylic acids is 1. The molecule has 43 heavy (non-hydrogen) atoms. The summed E-state index contributed by atoms with van der Waals surface area (Å²) in [5.41, 5.74) is 11.3. The summed E-state index contributed by atoms with van der Waals surface area (Å²) in [5.74, 6) is -3.19. The Balaban J connectivity index is 0.000000821. The first kappa shape index (κ1) is 34.1. The number of carboxylic acid groups (broad SMARTS) is 1. The fraction of sp³-hybridized carbons (Fsp3) is 0.300. The molecule has 2 aromatic carbocycles. The number of aliphatic carboxylic acids is 1. The van der Waals surface area contributed by atoms with Gasteiger partial charge in [-0.05, 0) is 54.3 Å². The van der Waals surface area contributed by atoms with Crippen LogP contribution in [0.25, 0.3) is 11.1 Å². The van der Waals surface area contributed by atoms with Crippen molar-refractivity contribution >= 4 is 29.2 Å². The fourth-order valence-corrected chi connectivity index (χ4v) is 4.32. The van der Waals surface area contributed by atoms with E-state index in [2.05, 4.69) is 16.5 Å². The normalized spacial score (nSPS) is 14.5. The maximum atomic E-state index is 13.5. The number of nitriles is 1. The van der Waals surface area contributed by atoms with Crippen molar-refractivity contribution in [2.45, 2.75) is 52.3 Å². The van der Waals surface area contributed by atoms with Gasteiger partial charge in [-0.3, -0.25) is 9.59 Å². The van der Waals surface area contributed by atoms with E-state index in [-0.39, 0.29) is 24.7 Å². The number of hydrogen-bond acceptors (Lipinski definition) is 7. The first-order chi connectivity index (χ1) is 20.3. The van der Waals surface area contributed by atoms with Crippen LogP contribution >= 0.6 is 0 Å². The van der Waals surface area contributed by atoms with Gasteiger partial charge in [-0.2, -0.15) is 18.4 Å². The highest BCUT2D eigenvalue weighted by Gasteiger charge is 2.38. The first-order valence-electron chi connectivity index (χ1n) is 13.2. The largest absolute Gasteiger partial charge is 0.490 e. The van der Waals surface area contributed by atoms with Gasteiger partial charge in [0.1, 0.15) is 11.8 Å². The number of allylic oxidation sites excluding steroid dienone is 3. The molecule has 0 saturated carbocycles. The topological polar surface area (TPSA) is 169 Å². The zero-order valence-electron chi connectivity index (χ0n) is 23.8. The summed E-state index contributed by atoms with van der Waals surface area (Å²) in [6.07, 6.45) is -2.29. The Labute approximate surface area is 246 Å². The van der Waals surface area contributed by atoms with Gasteiger partial charge >= 0.3 is 12.1 Å². The molecule has 5 N–H and O–H groups in total. The summed E-state index contributed by atoms with van der Waals surface area (Å²) in [6.45, 7) is 5.81. The highest BCUT2D eigenvalue weighted by molar-refractivity contribution is 6.03. The SMILES string of the molecule is CCC(=O)N(CC)[C@@H](CC1=CCC(=NO)C(N)=C1C)C(=O)Nc1ccc(-c2ccccc2C#N)cc1.O=C(O)C(F)(F)F. The van der Waals surface area contributed by atoms with Crippen molar-refractivity contribution in [2.24, 2.45) is 10.9 Å². The van der Waals surface area contributed by atoms with E-state index < -0.39 is 18.2 Å². The van der Waals surface area contributed by atoms with Crippen LogP contribution in [0.3, 0.4) is 0 Å². The summed E-state index contributed by atoms with van der Waals surface area (Å²) < 4.78 is 31.7. The van der Waals surface area contributed by atoms with Crippen molar-refractivity contribution in [3.8, 4) is 17.2 Å². The molecule has 1 aliphatic carbocycles. The average Bonchev–Trinajstić information content (AvgIpc) is 2.99. The molecule has 0 aliphatic heterocycles. The number of benzene rings is 2. The van der Waals surface area contributed by atoms with Gasteiger partial charge in [0.25, 0.3) is 0 Å². The van der Waals surface area contributed by atoms with Crippen molar-refractivity contribution in [1.82, 2.24) is 4.90 Å². The van der Waals surface area contributed by atoms with Gasteiger partial charge in [-0.1, -0.05) is 48.5 Å². The maximum absolute atomic E-state index is 13.5. The number of rotatable bonds is 8. The third kappa shape index (κ3) is 8.93. The number of nitrogens with one attached hydrogen (secondary N) is 1. The van der Waals surface area contributed by atoms with Crippen LogP contribution in [0.5, 0.6) is 0 Å². The predicted molar refractivity (Wildman–Crippen MR) is 154 cm³/mol. The number of nitrogens with zero attached hydrogens (tertiary/aromatic N) is 3. The highest BCUT2D eigenvalue weighted by atomic mass is 19.4. The molecule has 10 nitrogen and oxygen atoms in total. The van der Waals surface area contributed by atoms with Crippen molar-refractivity contribution < 1.29 is 37.9 Å². The summed E-state index contributed by atoms with van der Waals surface area (Å²) in [7, 11) is 0. The predicted octanol–water partition coefficient (Wildman–Crippen LogP) is 5.21. The molecule has 0 fully saturated rings. The molecule has 228 valence electrons. The van der Waals surface area contributed by atoms with E-state index in [1.807, 2.05) is 50.3 Å². The quantitative estimate of drug-likeness (QED) is 0.239. The number of carbonyl (C=O) groups is 3. The van der Waals surface area contributed by atoms with Crippen LogP contribution in [0.2, 0.25) is 0 Å². The lowest BCUT2D eigenvalue weighted by Gasteiger charge is -2.31. The van der Waals surface area contributed by atoms with Gasteiger partial charge in [0.05, 0.1) is 17.3 Å². The van der Waals surface area contributed by atoms with Gasteiger partial charge in [-0.25, -0.2) is 4.79 Å². The van der Waals surface area contributed by atoms with E-state index in [0.29, 0.717) is 35.6 Å². The van der Waals surface area contributed by atoms with Crippen molar-refractivity contribution in [2.75, 3.05) is 11.9 Å². The second kappa shape index (κ2) is 15.2. The lowest BCUT2D eigenvalue weighted by atomic mass is 9.89. The van der Waals surface area contributed by atoms with Crippen molar-refractivity contribution in [1.29, 1.82) is 5.26 Å². The van der Waals surface area contributed by atoms with E-state index in [4.69, 9.17) is 20.8 Å². The third-order valence-electron chi connectivity index (χ3n) is 6.67. The second-order valence-electron chi connectivity index (χ2n) is 9.30. The summed E-state index contributed by atoms with van der Waals surface area (Å²) in [6, 6.07) is 16.0. The molecule has 0 bridgehead atoms. The lowest BCUT2D eigenvalue weighted by molar-refractivity contribution is -0.192. The number of amides is 2. The average molecular weight is 600 g/mol. The lowest BCUT2D eigenvalue weighted by Crippen LogP contribution is -2.47. The van der Waals surface area contributed by atoms with E-state index in [9.17, 15) is 28.0 Å². The molecule has 1 atom stereocenters. The number of oxime groups is 1. The molecular weight excluding hydrogens is 567 g/mol. The molecule has 0 saturated heterocycles. The van der Waals surface area contributed by atoms with E-state index in [1.165, 1.54) is 0 Å². The first-order valence-corrected chi connectivity index (χ1v) is 13.2. The van der Waals surface area contributed by atoms with E-state index >= 15 is 0 Å². The second-order valence-corrected chi connectivity index (χ2v) is 9.30. The minimum absolute atomic E-state index is 0.121. The van der Waals surface area contributed by atoms with Gasteiger partial charge in [0.15, 0.2) is 0 Å². The van der Waals surface area contributed by atoms with Crippen LogP contribution in [0, 0.1) is 11.3 Å². The summed E-state index contributed by atoms with van der Waals surface area (Å²) in [4.78, 5) is 36.7. The number of carbonyl (C=O) groups excluding carboxylic acids is 2. The number of hydrogen-bond donors (Lipinski definition) is 4. The molecule has 0 unspecified atom stereocenters. The molecule has 0 aromatic heterocycles. The van der Waals surface area contributed by atoms with Gasteiger partial charge in [0.2, 0.25) is 11.8 Å². The van der Waals surface area contributed by atoms with Gasteiger partial charge in [-0.15, -0.1) is 0 Å². The van der Waals surface area contributed by atoms with Gasteiger partial charge in [0, 0.05) is 31.5 Å². The van der Waals surface area contributed by atoms with E-state index in [0.717, 1.165) is 22.3 Å². The minimum atomic E-state index is -5.08.